The summed E-state index contributed by atoms with van der Waals surface area (Å²) in [6.45, 7) is 6.94. The number of imidazole rings is 1. The Hall–Kier alpha value is -4.07. The number of hydrogen-bond donors (Lipinski definition) is 2. The van der Waals surface area contributed by atoms with Crippen LogP contribution >= 0.6 is 0 Å². The van der Waals surface area contributed by atoms with Crippen molar-refractivity contribution < 1.29 is 0 Å². The number of anilines is 1. The van der Waals surface area contributed by atoms with E-state index in [0.29, 0.717) is 5.82 Å². The van der Waals surface area contributed by atoms with Crippen LogP contribution < -0.4 is 11.5 Å². The zero-order valence-electron chi connectivity index (χ0n) is 22.8. The number of rotatable bonds is 5. The Morgan fingerprint density at radius 2 is 1.67 bits per heavy atom. The summed E-state index contributed by atoms with van der Waals surface area (Å²) >= 11 is 0. The molecular formula is C32H37N7. The highest BCUT2D eigenvalue weighted by molar-refractivity contribution is 5.84. The molecular weight excluding hydrogens is 482 g/mol. The van der Waals surface area contributed by atoms with Gasteiger partial charge in [0.1, 0.15) is 11.3 Å². The molecule has 1 fully saturated rings. The number of nitrogens with zero attached hydrogens (tertiary/aromatic N) is 5. The lowest BCUT2D eigenvalue weighted by Gasteiger charge is -2.22. The van der Waals surface area contributed by atoms with Crippen molar-refractivity contribution in [2.75, 3.05) is 18.8 Å². The van der Waals surface area contributed by atoms with Crippen LogP contribution in [0.25, 0.3) is 39.5 Å². The van der Waals surface area contributed by atoms with E-state index in [2.05, 4.69) is 50.8 Å². The molecule has 2 aromatic carbocycles. The van der Waals surface area contributed by atoms with Crippen molar-refractivity contribution in [2.45, 2.75) is 45.7 Å². The molecule has 4 N–H and O–H groups in total. The quantitative estimate of drug-likeness (QED) is 0.292. The molecule has 1 atom stereocenters. The molecule has 0 radical (unpaired) electrons. The highest BCUT2D eigenvalue weighted by Gasteiger charge is 2.19. The standard InChI is InChI=1S/C30H31N7.C2H6/c31-23-9-4-5-18-36(20-23)19-21-11-13-24(14-12-21)37-29(25-10-6-17-33-28(25)32)35-27-16-15-26(34-30(27)37)22-7-2-1-3-8-22;1-2/h1-3,6-8,10-17,23H,4-5,9,18-20,31H2,(H2,32,33);1-2H3. The van der Waals surface area contributed by atoms with E-state index in [1.807, 2.05) is 56.3 Å². The first-order chi connectivity index (χ1) is 19.2. The molecule has 0 amide bonds. The van der Waals surface area contributed by atoms with Gasteiger partial charge in [-0.3, -0.25) is 9.47 Å². The van der Waals surface area contributed by atoms with Gasteiger partial charge in [0.05, 0.1) is 11.3 Å². The number of pyridine rings is 2. The number of fused-ring (bicyclic) bond motifs is 1. The third kappa shape index (κ3) is 5.85. The Bertz CT molecular complexity index is 1510. The fourth-order valence-corrected chi connectivity index (χ4v) is 5.17. The molecule has 3 aromatic heterocycles. The number of nitrogens with two attached hydrogens (primary N) is 2. The highest BCUT2D eigenvalue weighted by Crippen LogP contribution is 2.32. The Kier molecular flexibility index (Phi) is 8.30. The third-order valence-electron chi connectivity index (χ3n) is 7.05. The molecule has 6 rings (SSSR count). The largest absolute Gasteiger partial charge is 0.383 e. The van der Waals surface area contributed by atoms with Crippen LogP contribution in [0.1, 0.15) is 38.7 Å². The van der Waals surface area contributed by atoms with Crippen molar-refractivity contribution in [3.8, 4) is 28.3 Å². The van der Waals surface area contributed by atoms with Crippen LogP contribution in [0.4, 0.5) is 5.82 Å². The van der Waals surface area contributed by atoms with Crippen molar-refractivity contribution in [3.05, 3.63) is 90.6 Å². The first kappa shape index (κ1) is 26.5. The minimum Gasteiger partial charge on any atom is -0.383 e. The van der Waals surface area contributed by atoms with E-state index in [-0.39, 0.29) is 6.04 Å². The third-order valence-corrected chi connectivity index (χ3v) is 7.05. The first-order valence-corrected chi connectivity index (χ1v) is 13.9. The zero-order chi connectivity index (χ0) is 27.2. The molecule has 4 heterocycles. The van der Waals surface area contributed by atoms with Gasteiger partial charge < -0.3 is 11.5 Å². The van der Waals surface area contributed by atoms with Crippen LogP contribution in [0.3, 0.4) is 0 Å². The van der Waals surface area contributed by atoms with Crippen molar-refractivity contribution >= 4 is 17.0 Å². The average molecular weight is 520 g/mol. The molecule has 1 saturated heterocycles. The van der Waals surface area contributed by atoms with Crippen LogP contribution in [0.5, 0.6) is 0 Å². The van der Waals surface area contributed by atoms with Crippen molar-refractivity contribution in [1.82, 2.24) is 24.4 Å². The summed E-state index contributed by atoms with van der Waals surface area (Å²) in [5, 5.41) is 0. The molecule has 1 aliphatic rings. The lowest BCUT2D eigenvalue weighted by atomic mass is 10.1. The van der Waals surface area contributed by atoms with Crippen molar-refractivity contribution in [1.29, 1.82) is 0 Å². The molecule has 7 heteroatoms. The smallest absolute Gasteiger partial charge is 0.165 e. The molecule has 0 spiro atoms. The summed E-state index contributed by atoms with van der Waals surface area (Å²) in [7, 11) is 0. The fraction of sp³-hybridized carbons (Fsp3) is 0.281. The van der Waals surface area contributed by atoms with E-state index in [0.717, 1.165) is 65.6 Å². The second-order valence-electron chi connectivity index (χ2n) is 9.77. The Morgan fingerprint density at radius 3 is 2.44 bits per heavy atom. The Balaban J connectivity index is 0.00000151. The topological polar surface area (TPSA) is 98.9 Å². The lowest BCUT2D eigenvalue weighted by Crippen LogP contribution is -2.35. The van der Waals surface area contributed by atoms with Crippen molar-refractivity contribution in [3.63, 3.8) is 0 Å². The minimum absolute atomic E-state index is 0.261. The maximum absolute atomic E-state index is 6.29. The van der Waals surface area contributed by atoms with E-state index in [9.17, 15) is 0 Å². The summed E-state index contributed by atoms with van der Waals surface area (Å²) in [4.78, 5) is 16.8. The summed E-state index contributed by atoms with van der Waals surface area (Å²) in [6.07, 6.45) is 5.23. The molecule has 1 unspecified atom stereocenters. The molecule has 0 saturated carbocycles. The number of likely N-dealkylation sites (tertiary alicyclic amines) is 1. The van der Waals surface area contributed by atoms with Crippen LogP contribution in [0.15, 0.2) is 85.1 Å². The second-order valence-corrected chi connectivity index (χ2v) is 9.77. The van der Waals surface area contributed by atoms with Crippen LogP contribution in [0.2, 0.25) is 0 Å². The summed E-state index contributed by atoms with van der Waals surface area (Å²) in [5.74, 6) is 1.17. The van der Waals surface area contributed by atoms with Gasteiger partial charge in [-0.1, -0.05) is 62.7 Å². The molecule has 200 valence electrons. The van der Waals surface area contributed by atoms with Crippen LogP contribution in [0, 0.1) is 0 Å². The maximum atomic E-state index is 6.29. The molecule has 0 aliphatic carbocycles. The molecule has 0 bridgehead atoms. The zero-order valence-corrected chi connectivity index (χ0v) is 22.8. The van der Waals surface area contributed by atoms with Gasteiger partial charge in [-0.15, -0.1) is 0 Å². The molecule has 39 heavy (non-hydrogen) atoms. The van der Waals surface area contributed by atoms with E-state index >= 15 is 0 Å². The van der Waals surface area contributed by atoms with Gasteiger partial charge in [0.2, 0.25) is 0 Å². The summed E-state index contributed by atoms with van der Waals surface area (Å²) < 4.78 is 2.08. The Labute approximate surface area is 230 Å². The molecule has 1 aliphatic heterocycles. The normalized spacial score (nSPS) is 15.9. The van der Waals surface area contributed by atoms with E-state index in [1.54, 1.807) is 6.20 Å². The minimum atomic E-state index is 0.261. The van der Waals surface area contributed by atoms with Gasteiger partial charge in [-0.25, -0.2) is 15.0 Å². The van der Waals surface area contributed by atoms with Gasteiger partial charge >= 0.3 is 0 Å². The predicted octanol–water partition coefficient (Wildman–Crippen LogP) is 6.07. The maximum Gasteiger partial charge on any atom is 0.165 e. The SMILES string of the molecule is CC.Nc1ncccc1-c1nc2ccc(-c3ccccc3)nc2n1-c1ccc(CN2CCCCC(N)C2)cc1. The lowest BCUT2D eigenvalue weighted by molar-refractivity contribution is 0.265. The Morgan fingerprint density at radius 1 is 0.872 bits per heavy atom. The van der Waals surface area contributed by atoms with Gasteiger partial charge in [0.15, 0.2) is 11.5 Å². The second kappa shape index (κ2) is 12.2. The first-order valence-electron chi connectivity index (χ1n) is 13.9. The van der Waals surface area contributed by atoms with Crippen LogP contribution in [-0.2, 0) is 6.54 Å². The van der Waals surface area contributed by atoms with Crippen molar-refractivity contribution in [2.24, 2.45) is 5.73 Å². The fourth-order valence-electron chi connectivity index (χ4n) is 5.17. The number of hydrogen-bond acceptors (Lipinski definition) is 6. The molecule has 7 nitrogen and oxygen atoms in total. The van der Waals surface area contributed by atoms with Gasteiger partial charge in [-0.05, 0) is 61.3 Å². The predicted molar refractivity (Wildman–Crippen MR) is 160 cm³/mol. The van der Waals surface area contributed by atoms with Gasteiger partial charge in [0, 0.05) is 36.6 Å². The highest BCUT2D eigenvalue weighted by atomic mass is 15.1. The van der Waals surface area contributed by atoms with E-state index in [4.69, 9.17) is 21.4 Å². The van der Waals surface area contributed by atoms with E-state index < -0.39 is 0 Å². The number of aromatic nitrogens is 4. The van der Waals surface area contributed by atoms with Crippen LogP contribution in [-0.4, -0.2) is 43.6 Å². The molecule has 5 aromatic rings. The summed E-state index contributed by atoms with van der Waals surface area (Å²) in [6, 6.07) is 27.0. The van der Waals surface area contributed by atoms with Gasteiger partial charge in [-0.2, -0.15) is 0 Å². The van der Waals surface area contributed by atoms with E-state index in [1.165, 1.54) is 18.4 Å². The number of benzene rings is 2. The summed E-state index contributed by atoms with van der Waals surface area (Å²) in [5.41, 5.74) is 19.2. The van der Waals surface area contributed by atoms with Gasteiger partial charge in [0.25, 0.3) is 0 Å². The monoisotopic (exact) mass is 519 g/mol. The number of nitrogen functional groups attached to an aromatic ring is 1. The average Bonchev–Trinajstić information content (AvgIpc) is 3.23.